The second kappa shape index (κ2) is 3.21. The van der Waals surface area contributed by atoms with Crippen molar-refractivity contribution in [3.05, 3.63) is 41.3 Å². The topological polar surface area (TPSA) is 38.1 Å². The van der Waals surface area contributed by atoms with Crippen molar-refractivity contribution in [3.63, 3.8) is 0 Å². The Morgan fingerprint density at radius 2 is 2.00 bits per heavy atom. The van der Waals surface area contributed by atoms with Gasteiger partial charge in [0.1, 0.15) is 5.76 Å². The molecule has 2 aromatic rings. The lowest BCUT2D eigenvalue weighted by Gasteiger charge is -1.96. The highest BCUT2D eigenvalue weighted by molar-refractivity contribution is 5.54. The van der Waals surface area contributed by atoms with Crippen molar-refractivity contribution in [2.45, 2.75) is 20.0 Å². The molecule has 0 aliphatic carbocycles. The van der Waals surface area contributed by atoms with Gasteiger partial charge in [-0.15, -0.1) is 0 Å². The van der Waals surface area contributed by atoms with Crippen molar-refractivity contribution >= 4 is 0 Å². The maximum absolute atomic E-state index is 5.68. The van der Waals surface area contributed by atoms with Crippen molar-refractivity contribution in [3.8, 4) is 11.5 Å². The van der Waals surface area contributed by atoms with Crippen molar-refractivity contribution in [1.29, 1.82) is 0 Å². The van der Waals surface area contributed by atoms with Crippen molar-refractivity contribution in [2.75, 3.05) is 0 Å². The lowest BCUT2D eigenvalue weighted by atomic mass is 10.1. The van der Waals surface area contributed by atoms with Crippen LogP contribution in [0.15, 0.2) is 28.7 Å². The molecule has 1 aromatic carbocycles. The van der Waals surface area contributed by atoms with Gasteiger partial charge >= 0.3 is 0 Å². The minimum Gasteiger partial charge on any atom is -0.439 e. The molecule has 3 heteroatoms. The average molecular weight is 200 g/mol. The predicted octanol–water partition coefficient (Wildman–Crippen LogP) is 2.25. The maximum Gasteiger partial charge on any atom is 0.226 e. The number of oxazole rings is 1. The van der Waals surface area contributed by atoms with Gasteiger partial charge in [0.05, 0.1) is 12.2 Å². The summed E-state index contributed by atoms with van der Waals surface area (Å²) >= 11 is 0. The molecule has 0 amide bonds. The van der Waals surface area contributed by atoms with E-state index in [0.717, 1.165) is 36.0 Å². The van der Waals surface area contributed by atoms with Gasteiger partial charge in [-0.25, -0.2) is 4.98 Å². The molecule has 1 aromatic heterocycles. The Kier molecular flexibility index (Phi) is 1.86. The normalized spacial score (nSPS) is 14.2. The summed E-state index contributed by atoms with van der Waals surface area (Å²) in [6, 6.07) is 8.24. The Bertz CT molecular complexity index is 463. The van der Waals surface area contributed by atoms with Gasteiger partial charge in [-0.2, -0.15) is 0 Å². The first-order valence-corrected chi connectivity index (χ1v) is 5.09. The van der Waals surface area contributed by atoms with Crippen LogP contribution in [0.2, 0.25) is 0 Å². The van der Waals surface area contributed by atoms with Crippen LogP contribution in [0.25, 0.3) is 11.5 Å². The van der Waals surface area contributed by atoms with Crippen LogP contribution in [0.4, 0.5) is 0 Å². The van der Waals surface area contributed by atoms with E-state index in [4.69, 9.17) is 4.42 Å². The minimum atomic E-state index is 0.738. The van der Waals surface area contributed by atoms with Gasteiger partial charge in [0.25, 0.3) is 0 Å². The summed E-state index contributed by atoms with van der Waals surface area (Å²) in [7, 11) is 0. The molecule has 0 fully saturated rings. The highest BCUT2D eigenvalue weighted by Crippen LogP contribution is 2.24. The van der Waals surface area contributed by atoms with E-state index < -0.39 is 0 Å². The van der Waals surface area contributed by atoms with Crippen LogP contribution in [0.5, 0.6) is 0 Å². The van der Waals surface area contributed by atoms with Gasteiger partial charge in [0.2, 0.25) is 5.89 Å². The van der Waals surface area contributed by atoms with Crippen LogP contribution in [0, 0.1) is 6.92 Å². The second-order valence-electron chi connectivity index (χ2n) is 3.86. The average Bonchev–Trinajstić information content (AvgIpc) is 2.78. The number of fused-ring (bicyclic) bond motifs is 1. The molecular formula is C12H12N2O. The summed E-state index contributed by atoms with van der Waals surface area (Å²) in [5.74, 6) is 1.71. The van der Waals surface area contributed by atoms with E-state index in [1.165, 1.54) is 5.56 Å². The van der Waals surface area contributed by atoms with Crippen LogP contribution in [0.1, 0.15) is 17.0 Å². The third kappa shape index (κ3) is 1.45. The molecule has 0 bridgehead atoms. The molecule has 0 saturated heterocycles. The molecule has 1 aliphatic heterocycles. The third-order valence-electron chi connectivity index (χ3n) is 2.65. The minimum absolute atomic E-state index is 0.738. The Labute approximate surface area is 88.1 Å². The quantitative estimate of drug-likeness (QED) is 0.767. The van der Waals surface area contributed by atoms with E-state index in [1.54, 1.807) is 0 Å². The van der Waals surface area contributed by atoms with Gasteiger partial charge in [0, 0.05) is 12.1 Å². The number of rotatable bonds is 1. The summed E-state index contributed by atoms with van der Waals surface area (Å²) in [5.41, 5.74) is 3.35. The van der Waals surface area contributed by atoms with Crippen LogP contribution in [-0.4, -0.2) is 4.98 Å². The van der Waals surface area contributed by atoms with E-state index in [1.807, 2.05) is 12.1 Å². The third-order valence-corrected chi connectivity index (χ3v) is 2.65. The molecule has 0 unspecified atom stereocenters. The lowest BCUT2D eigenvalue weighted by molar-refractivity contribution is 0.511. The highest BCUT2D eigenvalue weighted by atomic mass is 16.4. The summed E-state index contributed by atoms with van der Waals surface area (Å²) in [4.78, 5) is 4.46. The number of hydrogen-bond donors (Lipinski definition) is 1. The monoisotopic (exact) mass is 200 g/mol. The van der Waals surface area contributed by atoms with Gasteiger partial charge in [-0.1, -0.05) is 17.7 Å². The first kappa shape index (κ1) is 8.68. The zero-order valence-corrected chi connectivity index (χ0v) is 8.58. The fraction of sp³-hybridized carbons (Fsp3) is 0.250. The molecule has 76 valence electrons. The van der Waals surface area contributed by atoms with E-state index >= 15 is 0 Å². The molecular weight excluding hydrogens is 188 g/mol. The summed E-state index contributed by atoms with van der Waals surface area (Å²) in [5, 5.41) is 3.20. The van der Waals surface area contributed by atoms with E-state index in [9.17, 15) is 0 Å². The zero-order valence-electron chi connectivity index (χ0n) is 8.58. The molecule has 1 aliphatic rings. The van der Waals surface area contributed by atoms with Gasteiger partial charge in [0.15, 0.2) is 0 Å². The SMILES string of the molecule is Cc1ccc(-c2nc3c(o2)CNC3)cc1. The first-order valence-electron chi connectivity index (χ1n) is 5.09. The van der Waals surface area contributed by atoms with Crippen LogP contribution in [0.3, 0.4) is 0 Å². The first-order chi connectivity index (χ1) is 7.33. The lowest BCUT2D eigenvalue weighted by Crippen LogP contribution is -2.01. The summed E-state index contributed by atoms with van der Waals surface area (Å²) < 4.78 is 5.68. The zero-order chi connectivity index (χ0) is 10.3. The van der Waals surface area contributed by atoms with Crippen LogP contribution >= 0.6 is 0 Å². The second-order valence-corrected chi connectivity index (χ2v) is 3.86. The van der Waals surface area contributed by atoms with Crippen molar-refractivity contribution < 1.29 is 4.42 Å². The van der Waals surface area contributed by atoms with Gasteiger partial charge in [-0.05, 0) is 19.1 Å². The molecule has 0 spiro atoms. The number of aromatic nitrogens is 1. The number of nitrogens with one attached hydrogen (secondary N) is 1. The maximum atomic E-state index is 5.68. The number of benzene rings is 1. The predicted molar refractivity (Wildman–Crippen MR) is 57.2 cm³/mol. The number of hydrogen-bond acceptors (Lipinski definition) is 3. The molecule has 3 nitrogen and oxygen atoms in total. The van der Waals surface area contributed by atoms with Crippen LogP contribution < -0.4 is 5.32 Å². The smallest absolute Gasteiger partial charge is 0.226 e. The Morgan fingerprint density at radius 3 is 2.73 bits per heavy atom. The molecule has 1 N–H and O–H groups in total. The van der Waals surface area contributed by atoms with E-state index in [2.05, 4.69) is 29.4 Å². The highest BCUT2D eigenvalue weighted by Gasteiger charge is 2.18. The summed E-state index contributed by atoms with van der Waals surface area (Å²) in [6.45, 7) is 3.70. The molecule has 0 radical (unpaired) electrons. The van der Waals surface area contributed by atoms with Crippen LogP contribution in [-0.2, 0) is 13.1 Å². The Morgan fingerprint density at radius 1 is 1.20 bits per heavy atom. The number of aryl methyl sites for hydroxylation is 1. The standard InChI is InChI=1S/C12H12N2O/c1-8-2-4-9(5-3-8)12-14-10-6-13-7-11(10)15-12/h2-5,13H,6-7H2,1H3. The largest absolute Gasteiger partial charge is 0.439 e. The molecule has 15 heavy (non-hydrogen) atoms. The molecule has 3 rings (SSSR count). The number of nitrogens with zero attached hydrogens (tertiary/aromatic N) is 1. The van der Waals surface area contributed by atoms with Crippen molar-refractivity contribution in [2.24, 2.45) is 0 Å². The molecule has 2 heterocycles. The van der Waals surface area contributed by atoms with E-state index in [-0.39, 0.29) is 0 Å². The van der Waals surface area contributed by atoms with E-state index in [0.29, 0.717) is 0 Å². The van der Waals surface area contributed by atoms with Gasteiger partial charge in [-0.3, -0.25) is 0 Å². The fourth-order valence-corrected chi connectivity index (χ4v) is 1.77. The van der Waals surface area contributed by atoms with Gasteiger partial charge < -0.3 is 9.73 Å². The molecule has 0 atom stereocenters. The fourth-order valence-electron chi connectivity index (χ4n) is 1.77. The Hall–Kier alpha value is -1.61. The summed E-state index contributed by atoms with van der Waals surface area (Å²) in [6.07, 6.45) is 0. The van der Waals surface area contributed by atoms with Crippen molar-refractivity contribution in [1.82, 2.24) is 10.3 Å². The molecule has 0 saturated carbocycles. The Balaban J connectivity index is 2.02.